The third-order valence-corrected chi connectivity index (χ3v) is 5.69. The summed E-state index contributed by atoms with van der Waals surface area (Å²) in [6.45, 7) is 10.5. The van der Waals surface area contributed by atoms with E-state index in [0.717, 1.165) is 37.9 Å². The Morgan fingerprint density at radius 1 is 1.12 bits per heavy atom. The lowest BCUT2D eigenvalue weighted by molar-refractivity contribution is 0.0579. The lowest BCUT2D eigenvalue weighted by atomic mass is 10.0. The van der Waals surface area contributed by atoms with Gasteiger partial charge in [0.2, 0.25) is 0 Å². The fourth-order valence-electron chi connectivity index (χ4n) is 4.34. The summed E-state index contributed by atoms with van der Waals surface area (Å²) < 4.78 is 7.14. The zero-order chi connectivity index (χ0) is 17.6. The van der Waals surface area contributed by atoms with E-state index < -0.39 is 0 Å². The average molecular weight is 351 g/mol. The molecule has 25 heavy (non-hydrogen) atoms. The molecule has 2 heterocycles. The standard InChI is InChI=1S/C18H34N6O/c1-15(2)14-17(18-19-20-21-24(18)12-13-25-3)23-10-8-22(9-11-23)16-6-4-5-7-16/h15-17H,4-14H2,1-3H3/t17-/m0/s1. The molecule has 1 atom stereocenters. The molecular formula is C18H34N6O. The summed E-state index contributed by atoms with van der Waals surface area (Å²) in [5, 5.41) is 12.5. The maximum absolute atomic E-state index is 5.21. The van der Waals surface area contributed by atoms with Crippen molar-refractivity contribution in [1.29, 1.82) is 0 Å². The summed E-state index contributed by atoms with van der Waals surface area (Å²) in [4.78, 5) is 5.31. The Kier molecular flexibility index (Phi) is 6.78. The molecule has 2 fully saturated rings. The van der Waals surface area contributed by atoms with Gasteiger partial charge in [-0.3, -0.25) is 9.80 Å². The molecule has 1 saturated carbocycles. The molecule has 0 spiro atoms. The minimum atomic E-state index is 0.303. The summed E-state index contributed by atoms with van der Waals surface area (Å²) >= 11 is 0. The van der Waals surface area contributed by atoms with Crippen molar-refractivity contribution in [3.8, 4) is 0 Å². The molecule has 1 saturated heterocycles. The van der Waals surface area contributed by atoms with Gasteiger partial charge < -0.3 is 4.74 Å². The molecule has 3 rings (SSSR count). The first-order chi connectivity index (χ1) is 12.2. The highest BCUT2D eigenvalue weighted by atomic mass is 16.5. The third kappa shape index (κ3) is 4.77. The van der Waals surface area contributed by atoms with E-state index >= 15 is 0 Å². The van der Waals surface area contributed by atoms with Gasteiger partial charge in [0, 0.05) is 39.3 Å². The molecule has 142 valence electrons. The molecule has 1 aromatic heterocycles. The summed E-state index contributed by atoms with van der Waals surface area (Å²) in [6.07, 6.45) is 6.70. The van der Waals surface area contributed by atoms with Crippen LogP contribution in [0.25, 0.3) is 0 Å². The lowest BCUT2D eigenvalue weighted by Gasteiger charge is -2.41. The van der Waals surface area contributed by atoms with Crippen LogP contribution in [0.1, 0.15) is 57.8 Å². The van der Waals surface area contributed by atoms with Gasteiger partial charge in [-0.2, -0.15) is 0 Å². The van der Waals surface area contributed by atoms with Crippen molar-refractivity contribution in [1.82, 2.24) is 30.0 Å². The first-order valence-electron chi connectivity index (χ1n) is 9.92. The highest BCUT2D eigenvalue weighted by molar-refractivity contribution is 4.96. The Bertz CT molecular complexity index is 505. The van der Waals surface area contributed by atoms with Crippen molar-refractivity contribution < 1.29 is 4.74 Å². The normalized spacial score (nSPS) is 22.1. The quantitative estimate of drug-likeness (QED) is 0.714. The van der Waals surface area contributed by atoms with Crippen LogP contribution in [0, 0.1) is 5.92 Å². The smallest absolute Gasteiger partial charge is 0.168 e. The second-order valence-electron chi connectivity index (χ2n) is 7.91. The molecule has 0 unspecified atom stereocenters. The van der Waals surface area contributed by atoms with Crippen molar-refractivity contribution in [2.75, 3.05) is 39.9 Å². The molecule has 0 amide bonds. The van der Waals surface area contributed by atoms with Gasteiger partial charge in [0.05, 0.1) is 19.2 Å². The molecule has 0 aromatic carbocycles. The Balaban J connectivity index is 1.66. The first-order valence-corrected chi connectivity index (χ1v) is 9.92. The summed E-state index contributed by atoms with van der Waals surface area (Å²) in [7, 11) is 1.72. The maximum atomic E-state index is 5.21. The molecule has 1 aliphatic carbocycles. The van der Waals surface area contributed by atoms with Crippen LogP contribution in [0.2, 0.25) is 0 Å². The highest BCUT2D eigenvalue weighted by Gasteiger charge is 2.32. The van der Waals surface area contributed by atoms with Crippen LogP contribution in [0.15, 0.2) is 0 Å². The van der Waals surface area contributed by atoms with E-state index in [1.807, 2.05) is 4.68 Å². The van der Waals surface area contributed by atoms with Crippen LogP contribution < -0.4 is 0 Å². The molecule has 0 N–H and O–H groups in total. The van der Waals surface area contributed by atoms with Crippen LogP contribution in [0.4, 0.5) is 0 Å². The predicted octanol–water partition coefficient (Wildman–Crippen LogP) is 1.97. The van der Waals surface area contributed by atoms with Crippen LogP contribution >= 0.6 is 0 Å². The van der Waals surface area contributed by atoms with Crippen LogP contribution in [0.5, 0.6) is 0 Å². The predicted molar refractivity (Wildman–Crippen MR) is 97.3 cm³/mol. The molecule has 2 aliphatic rings. The first kappa shape index (κ1) is 18.7. The topological polar surface area (TPSA) is 59.3 Å². The minimum Gasteiger partial charge on any atom is -0.383 e. The number of methoxy groups -OCH3 is 1. The maximum Gasteiger partial charge on any atom is 0.168 e. The van der Waals surface area contributed by atoms with Crippen molar-refractivity contribution in [3.05, 3.63) is 5.82 Å². The van der Waals surface area contributed by atoms with Crippen molar-refractivity contribution >= 4 is 0 Å². The number of hydrogen-bond acceptors (Lipinski definition) is 6. The van der Waals surface area contributed by atoms with E-state index in [9.17, 15) is 0 Å². The Morgan fingerprint density at radius 3 is 2.48 bits per heavy atom. The van der Waals surface area contributed by atoms with Crippen LogP contribution in [-0.4, -0.2) is 75.9 Å². The molecule has 7 heteroatoms. The van der Waals surface area contributed by atoms with Gasteiger partial charge in [-0.1, -0.05) is 26.7 Å². The van der Waals surface area contributed by atoms with Gasteiger partial charge in [-0.05, 0) is 35.6 Å². The third-order valence-electron chi connectivity index (χ3n) is 5.69. The molecule has 1 aromatic rings. The number of nitrogens with zero attached hydrogens (tertiary/aromatic N) is 6. The monoisotopic (exact) mass is 350 g/mol. The fourth-order valence-corrected chi connectivity index (χ4v) is 4.34. The van der Waals surface area contributed by atoms with Crippen molar-refractivity contribution in [3.63, 3.8) is 0 Å². The Morgan fingerprint density at radius 2 is 1.84 bits per heavy atom. The Hall–Kier alpha value is -1.05. The van der Waals surface area contributed by atoms with Gasteiger partial charge >= 0.3 is 0 Å². The zero-order valence-electron chi connectivity index (χ0n) is 16.1. The van der Waals surface area contributed by atoms with Gasteiger partial charge in [0.1, 0.15) is 0 Å². The van der Waals surface area contributed by atoms with E-state index in [1.54, 1.807) is 7.11 Å². The zero-order valence-corrected chi connectivity index (χ0v) is 16.1. The SMILES string of the molecule is COCCn1nnnc1[C@H](CC(C)C)N1CCN(C2CCCC2)CC1. The lowest BCUT2D eigenvalue weighted by Crippen LogP contribution is -2.51. The van der Waals surface area contributed by atoms with Crippen molar-refractivity contribution in [2.24, 2.45) is 5.92 Å². The molecular weight excluding hydrogens is 316 g/mol. The van der Waals surface area contributed by atoms with Crippen LogP contribution in [-0.2, 0) is 11.3 Å². The number of tetrazole rings is 1. The number of hydrogen-bond donors (Lipinski definition) is 0. The van der Waals surface area contributed by atoms with E-state index in [-0.39, 0.29) is 0 Å². The largest absolute Gasteiger partial charge is 0.383 e. The van der Waals surface area contributed by atoms with E-state index in [1.165, 1.54) is 38.8 Å². The van der Waals surface area contributed by atoms with Gasteiger partial charge in [0.15, 0.2) is 5.82 Å². The van der Waals surface area contributed by atoms with Crippen LogP contribution in [0.3, 0.4) is 0 Å². The number of ether oxygens (including phenoxy) is 1. The summed E-state index contributed by atoms with van der Waals surface area (Å²) in [5.41, 5.74) is 0. The fraction of sp³-hybridized carbons (Fsp3) is 0.944. The second kappa shape index (κ2) is 9.05. The molecule has 0 radical (unpaired) electrons. The summed E-state index contributed by atoms with van der Waals surface area (Å²) in [6, 6.07) is 1.13. The number of rotatable bonds is 8. The Labute approximate surface area is 151 Å². The van der Waals surface area contributed by atoms with E-state index in [2.05, 4.69) is 39.2 Å². The number of piperazine rings is 1. The highest BCUT2D eigenvalue weighted by Crippen LogP contribution is 2.29. The minimum absolute atomic E-state index is 0.303. The van der Waals surface area contributed by atoms with E-state index in [4.69, 9.17) is 4.74 Å². The molecule has 7 nitrogen and oxygen atoms in total. The van der Waals surface area contributed by atoms with Gasteiger partial charge in [0.25, 0.3) is 0 Å². The molecule has 0 bridgehead atoms. The van der Waals surface area contributed by atoms with E-state index in [0.29, 0.717) is 18.6 Å². The second-order valence-corrected chi connectivity index (χ2v) is 7.91. The molecule has 1 aliphatic heterocycles. The van der Waals surface area contributed by atoms with Crippen molar-refractivity contribution in [2.45, 2.75) is 64.6 Å². The van der Waals surface area contributed by atoms with Gasteiger partial charge in [-0.15, -0.1) is 5.10 Å². The number of aromatic nitrogens is 4. The summed E-state index contributed by atoms with van der Waals surface area (Å²) in [5.74, 6) is 1.62. The van der Waals surface area contributed by atoms with Gasteiger partial charge in [-0.25, -0.2) is 4.68 Å². The average Bonchev–Trinajstić information content (AvgIpc) is 3.29.